The van der Waals surface area contributed by atoms with E-state index in [0.29, 0.717) is 22.3 Å². The van der Waals surface area contributed by atoms with E-state index < -0.39 is 11.9 Å². The van der Waals surface area contributed by atoms with Gasteiger partial charge in [-0.1, -0.05) is 6.07 Å². The zero-order chi connectivity index (χ0) is 17.4. The van der Waals surface area contributed by atoms with E-state index in [1.165, 1.54) is 10.7 Å². The average Bonchev–Trinajstić information content (AvgIpc) is 3.05. The Balaban J connectivity index is 1.79. The molecule has 4 heterocycles. The smallest absolute Gasteiger partial charge is 0.257 e. The number of likely N-dealkylation sites (tertiary alicyclic amines) is 1. The van der Waals surface area contributed by atoms with Gasteiger partial charge in [0.1, 0.15) is 0 Å². The fourth-order valence-electron chi connectivity index (χ4n) is 3.27. The minimum absolute atomic E-state index is 0.0565. The Morgan fingerprint density at radius 2 is 1.76 bits per heavy atom. The molecule has 4 rings (SSSR count). The normalized spacial score (nSPS) is 14.9. The summed E-state index contributed by atoms with van der Waals surface area (Å²) < 4.78 is 28.4. The summed E-state index contributed by atoms with van der Waals surface area (Å²) in [5.41, 5.74) is 1.93. The third-order valence-corrected chi connectivity index (χ3v) is 4.48. The second kappa shape index (κ2) is 6.23. The molecule has 0 radical (unpaired) electrons. The van der Waals surface area contributed by atoms with Crippen molar-refractivity contribution in [3.05, 3.63) is 54.0 Å². The second-order valence-corrected chi connectivity index (χ2v) is 6.12. The average molecular weight is 342 g/mol. The van der Waals surface area contributed by atoms with Crippen LogP contribution in [0.25, 0.3) is 16.8 Å². The van der Waals surface area contributed by atoms with Gasteiger partial charge in [0.2, 0.25) is 11.9 Å². The molecule has 0 aliphatic carbocycles. The van der Waals surface area contributed by atoms with E-state index in [0.717, 1.165) is 44.5 Å². The van der Waals surface area contributed by atoms with E-state index in [-0.39, 0.29) is 5.91 Å². The van der Waals surface area contributed by atoms with Crippen molar-refractivity contribution in [2.24, 2.45) is 0 Å². The van der Waals surface area contributed by atoms with Gasteiger partial charge in [-0.3, -0.25) is 4.79 Å². The van der Waals surface area contributed by atoms with Gasteiger partial charge in [0.05, 0.1) is 23.0 Å². The standard InChI is InChI=1S/C18H16F2N4O/c19-16-9-12(10-17(20)22-16)14-5-4-6-15-13(11-21-24(14)15)18(25)23-7-2-1-3-8-23/h4-6,9-11H,1-3,7-8H2. The van der Waals surface area contributed by atoms with Gasteiger partial charge >= 0.3 is 0 Å². The maximum atomic E-state index is 13.4. The number of hydrogen-bond acceptors (Lipinski definition) is 3. The van der Waals surface area contributed by atoms with Crippen LogP contribution in [0.15, 0.2) is 36.5 Å². The van der Waals surface area contributed by atoms with Crippen molar-refractivity contribution in [3.63, 3.8) is 0 Å². The Morgan fingerprint density at radius 3 is 2.48 bits per heavy atom. The fraction of sp³-hybridized carbons (Fsp3) is 0.278. The van der Waals surface area contributed by atoms with Gasteiger partial charge in [0.15, 0.2) is 0 Å². The topological polar surface area (TPSA) is 50.5 Å². The highest BCUT2D eigenvalue weighted by Gasteiger charge is 2.22. The van der Waals surface area contributed by atoms with E-state index >= 15 is 0 Å². The molecule has 0 spiro atoms. The molecule has 1 aliphatic rings. The fourth-order valence-corrected chi connectivity index (χ4v) is 3.27. The lowest BCUT2D eigenvalue weighted by Crippen LogP contribution is -2.35. The van der Waals surface area contributed by atoms with Gasteiger partial charge in [0.25, 0.3) is 5.91 Å². The predicted octanol–water partition coefficient (Wildman–Crippen LogP) is 3.30. The van der Waals surface area contributed by atoms with E-state index in [1.54, 1.807) is 18.2 Å². The highest BCUT2D eigenvalue weighted by Crippen LogP contribution is 2.24. The molecule has 5 nitrogen and oxygen atoms in total. The molecule has 128 valence electrons. The van der Waals surface area contributed by atoms with E-state index in [9.17, 15) is 13.6 Å². The first-order chi connectivity index (χ1) is 12.1. The number of nitrogens with zero attached hydrogens (tertiary/aromatic N) is 4. The molecule has 1 amide bonds. The lowest BCUT2D eigenvalue weighted by atomic mass is 10.1. The Bertz CT molecular complexity index is 927. The highest BCUT2D eigenvalue weighted by atomic mass is 19.1. The van der Waals surface area contributed by atoms with Gasteiger partial charge in [0, 0.05) is 30.8 Å². The number of piperidine rings is 1. The van der Waals surface area contributed by atoms with Gasteiger partial charge in [-0.2, -0.15) is 18.9 Å². The van der Waals surface area contributed by atoms with Crippen molar-refractivity contribution in [1.82, 2.24) is 19.5 Å². The summed E-state index contributed by atoms with van der Waals surface area (Å²) in [5.74, 6) is -1.86. The molecule has 1 saturated heterocycles. The molecule has 7 heteroatoms. The van der Waals surface area contributed by atoms with Crippen LogP contribution in [0.3, 0.4) is 0 Å². The molecule has 0 atom stereocenters. The second-order valence-electron chi connectivity index (χ2n) is 6.12. The van der Waals surface area contributed by atoms with Crippen molar-refractivity contribution >= 4 is 11.4 Å². The molecular weight excluding hydrogens is 326 g/mol. The van der Waals surface area contributed by atoms with Crippen molar-refractivity contribution in [2.45, 2.75) is 19.3 Å². The molecule has 3 aromatic rings. The molecule has 0 bridgehead atoms. The van der Waals surface area contributed by atoms with Crippen molar-refractivity contribution in [1.29, 1.82) is 0 Å². The summed E-state index contributed by atoms with van der Waals surface area (Å²) in [6.07, 6.45) is 4.67. The molecule has 1 aliphatic heterocycles. The van der Waals surface area contributed by atoms with Gasteiger partial charge < -0.3 is 4.90 Å². The number of fused-ring (bicyclic) bond motifs is 1. The zero-order valence-electron chi connectivity index (χ0n) is 13.5. The van der Waals surface area contributed by atoms with Crippen LogP contribution in [-0.2, 0) is 0 Å². The largest absolute Gasteiger partial charge is 0.339 e. The molecule has 0 saturated carbocycles. The number of pyridine rings is 2. The molecule has 1 fully saturated rings. The Hall–Kier alpha value is -2.83. The number of carbonyl (C=O) groups is 1. The summed E-state index contributed by atoms with van der Waals surface area (Å²) >= 11 is 0. The van der Waals surface area contributed by atoms with Crippen molar-refractivity contribution in [3.8, 4) is 11.3 Å². The maximum Gasteiger partial charge on any atom is 0.257 e. The van der Waals surface area contributed by atoms with Crippen LogP contribution in [0, 0.1) is 11.9 Å². The molecule has 3 aromatic heterocycles. The van der Waals surface area contributed by atoms with Crippen LogP contribution in [0.1, 0.15) is 29.6 Å². The summed E-state index contributed by atoms with van der Waals surface area (Å²) in [6.45, 7) is 1.49. The summed E-state index contributed by atoms with van der Waals surface area (Å²) in [5, 5.41) is 4.27. The van der Waals surface area contributed by atoms with Gasteiger partial charge in [-0.05, 0) is 31.4 Å². The number of carbonyl (C=O) groups excluding carboxylic acids is 1. The first kappa shape index (κ1) is 15.7. The number of rotatable bonds is 2. The highest BCUT2D eigenvalue weighted by molar-refractivity contribution is 6.01. The van der Waals surface area contributed by atoms with Crippen LogP contribution in [0.4, 0.5) is 8.78 Å². The third kappa shape index (κ3) is 2.86. The number of aromatic nitrogens is 3. The molecule has 0 unspecified atom stereocenters. The quantitative estimate of drug-likeness (QED) is 0.672. The van der Waals surface area contributed by atoms with Crippen LogP contribution >= 0.6 is 0 Å². The van der Waals surface area contributed by atoms with E-state index in [2.05, 4.69) is 10.1 Å². The summed E-state index contributed by atoms with van der Waals surface area (Å²) in [6, 6.07) is 7.51. The van der Waals surface area contributed by atoms with Gasteiger partial charge in [-0.25, -0.2) is 4.52 Å². The maximum absolute atomic E-state index is 13.4. The molecule has 25 heavy (non-hydrogen) atoms. The lowest BCUT2D eigenvalue weighted by molar-refractivity contribution is 0.0726. The van der Waals surface area contributed by atoms with Gasteiger partial charge in [-0.15, -0.1) is 0 Å². The molecule has 0 aromatic carbocycles. The first-order valence-electron chi connectivity index (χ1n) is 8.23. The van der Waals surface area contributed by atoms with Crippen molar-refractivity contribution < 1.29 is 13.6 Å². The van der Waals surface area contributed by atoms with Crippen LogP contribution in [0.5, 0.6) is 0 Å². The van der Waals surface area contributed by atoms with E-state index in [1.807, 2.05) is 4.90 Å². The number of halogens is 2. The molecule has 0 N–H and O–H groups in total. The van der Waals surface area contributed by atoms with E-state index in [4.69, 9.17) is 0 Å². The lowest BCUT2D eigenvalue weighted by Gasteiger charge is -2.26. The monoisotopic (exact) mass is 342 g/mol. The van der Waals surface area contributed by atoms with Crippen molar-refractivity contribution in [2.75, 3.05) is 13.1 Å². The first-order valence-corrected chi connectivity index (χ1v) is 8.23. The van der Waals surface area contributed by atoms with Crippen LogP contribution in [-0.4, -0.2) is 38.5 Å². The molecular formula is C18H16F2N4O. The van der Waals surface area contributed by atoms with Crippen LogP contribution < -0.4 is 0 Å². The Kier molecular flexibility index (Phi) is 3.91. The number of amides is 1. The summed E-state index contributed by atoms with van der Waals surface area (Å²) in [7, 11) is 0. The Labute approximate surface area is 142 Å². The SMILES string of the molecule is O=C(c1cnn2c(-c3cc(F)nc(F)c3)cccc12)N1CCCCC1. The van der Waals surface area contributed by atoms with Crippen LogP contribution in [0.2, 0.25) is 0 Å². The third-order valence-electron chi connectivity index (χ3n) is 4.48. The minimum Gasteiger partial charge on any atom is -0.339 e. The zero-order valence-corrected chi connectivity index (χ0v) is 13.5. The summed E-state index contributed by atoms with van der Waals surface area (Å²) in [4.78, 5) is 17.7. The minimum atomic E-state index is -0.899. The Morgan fingerprint density at radius 1 is 1.04 bits per heavy atom. The predicted molar refractivity (Wildman–Crippen MR) is 88.1 cm³/mol. The number of hydrogen-bond donors (Lipinski definition) is 0.